The number of para-hydroxylation sites is 1. The molecule has 0 saturated heterocycles. The number of aromatic amines is 1. The minimum absolute atomic E-state index is 0.174. The van der Waals surface area contributed by atoms with Gasteiger partial charge in [-0.25, -0.2) is 4.79 Å². The highest BCUT2D eigenvalue weighted by Gasteiger charge is 2.17. The van der Waals surface area contributed by atoms with E-state index >= 15 is 0 Å². The average molecular weight is 332 g/mol. The summed E-state index contributed by atoms with van der Waals surface area (Å²) in [4.78, 5) is 26.6. The van der Waals surface area contributed by atoms with E-state index in [1.807, 2.05) is 45.0 Å². The monoisotopic (exact) mass is 332 g/mol. The van der Waals surface area contributed by atoms with Gasteiger partial charge in [-0.05, 0) is 38.8 Å². The minimum atomic E-state index is -0.527. The number of ether oxygens (including phenoxy) is 2. The Bertz CT molecular complexity index is 728. The molecular weight excluding hydrogens is 308 g/mol. The molecule has 6 heteroatoms. The summed E-state index contributed by atoms with van der Waals surface area (Å²) in [7, 11) is 1.37. The van der Waals surface area contributed by atoms with Crippen molar-refractivity contribution in [3.63, 3.8) is 0 Å². The SMILES string of the molecule is COC(=O)Cc1[nH]c2ccccc2c1CCNC(=O)OC(C)(C)C. The van der Waals surface area contributed by atoms with Crippen LogP contribution >= 0.6 is 0 Å². The lowest BCUT2D eigenvalue weighted by atomic mass is 10.1. The van der Waals surface area contributed by atoms with E-state index in [1.54, 1.807) is 0 Å². The summed E-state index contributed by atoms with van der Waals surface area (Å²) in [6, 6.07) is 7.84. The minimum Gasteiger partial charge on any atom is -0.469 e. The first-order valence-corrected chi connectivity index (χ1v) is 7.92. The van der Waals surface area contributed by atoms with Crippen molar-refractivity contribution in [2.24, 2.45) is 0 Å². The van der Waals surface area contributed by atoms with Gasteiger partial charge in [0, 0.05) is 23.1 Å². The van der Waals surface area contributed by atoms with Crippen molar-refractivity contribution in [2.45, 2.75) is 39.2 Å². The van der Waals surface area contributed by atoms with E-state index in [2.05, 4.69) is 10.3 Å². The number of alkyl carbamates (subject to hydrolysis) is 1. The summed E-state index contributed by atoms with van der Waals surface area (Å²) in [5, 5.41) is 3.79. The van der Waals surface area contributed by atoms with Crippen LogP contribution in [0.15, 0.2) is 24.3 Å². The number of amides is 1. The van der Waals surface area contributed by atoms with Crippen molar-refractivity contribution < 1.29 is 19.1 Å². The van der Waals surface area contributed by atoms with Gasteiger partial charge in [-0.15, -0.1) is 0 Å². The standard InChI is InChI=1S/C18H24N2O4/c1-18(2,3)24-17(22)19-10-9-13-12-7-5-6-8-14(12)20-15(13)11-16(21)23-4/h5-8,20H,9-11H2,1-4H3,(H,19,22). The van der Waals surface area contributed by atoms with Gasteiger partial charge in [0.25, 0.3) is 0 Å². The van der Waals surface area contributed by atoms with Crippen molar-refractivity contribution in [1.82, 2.24) is 10.3 Å². The van der Waals surface area contributed by atoms with Crippen LogP contribution in [-0.2, 0) is 27.1 Å². The van der Waals surface area contributed by atoms with Gasteiger partial charge in [0.15, 0.2) is 0 Å². The Labute approximate surface area is 141 Å². The van der Waals surface area contributed by atoms with E-state index in [1.165, 1.54) is 7.11 Å². The predicted molar refractivity (Wildman–Crippen MR) is 92.0 cm³/mol. The maximum Gasteiger partial charge on any atom is 0.407 e. The van der Waals surface area contributed by atoms with E-state index in [9.17, 15) is 9.59 Å². The summed E-state index contributed by atoms with van der Waals surface area (Å²) in [5.74, 6) is -0.303. The first kappa shape index (κ1) is 17.8. The smallest absolute Gasteiger partial charge is 0.407 e. The van der Waals surface area contributed by atoms with Crippen molar-refractivity contribution in [1.29, 1.82) is 0 Å². The van der Waals surface area contributed by atoms with Crippen LogP contribution in [0.3, 0.4) is 0 Å². The van der Waals surface area contributed by atoms with Gasteiger partial charge in [-0.2, -0.15) is 0 Å². The number of rotatable bonds is 5. The highest BCUT2D eigenvalue weighted by molar-refractivity contribution is 5.86. The van der Waals surface area contributed by atoms with Crippen molar-refractivity contribution in [2.75, 3.05) is 13.7 Å². The number of H-pyrrole nitrogens is 1. The Kier molecular flexibility index (Phi) is 5.49. The van der Waals surface area contributed by atoms with Gasteiger partial charge in [0.1, 0.15) is 5.60 Å². The molecule has 0 radical (unpaired) electrons. The van der Waals surface area contributed by atoms with Crippen LogP contribution in [0, 0.1) is 0 Å². The van der Waals surface area contributed by atoms with Gasteiger partial charge < -0.3 is 19.8 Å². The van der Waals surface area contributed by atoms with Crippen LogP contribution in [0.5, 0.6) is 0 Å². The molecule has 1 aromatic heterocycles. The molecule has 2 aromatic rings. The Morgan fingerprint density at radius 1 is 1.21 bits per heavy atom. The number of carbonyl (C=O) groups is 2. The maximum atomic E-state index is 11.7. The highest BCUT2D eigenvalue weighted by Crippen LogP contribution is 2.23. The number of aromatic nitrogens is 1. The molecule has 0 unspecified atom stereocenters. The molecule has 2 rings (SSSR count). The lowest BCUT2D eigenvalue weighted by Gasteiger charge is -2.19. The molecular formula is C18H24N2O4. The first-order chi connectivity index (χ1) is 11.3. The third-order valence-electron chi connectivity index (χ3n) is 3.49. The van der Waals surface area contributed by atoms with Crippen molar-refractivity contribution in [3.8, 4) is 0 Å². The number of hydrogen-bond acceptors (Lipinski definition) is 4. The molecule has 0 spiro atoms. The number of benzene rings is 1. The number of nitrogens with one attached hydrogen (secondary N) is 2. The molecule has 24 heavy (non-hydrogen) atoms. The molecule has 6 nitrogen and oxygen atoms in total. The predicted octanol–water partition coefficient (Wildman–Crippen LogP) is 2.95. The molecule has 1 amide bonds. The number of methoxy groups -OCH3 is 1. The first-order valence-electron chi connectivity index (χ1n) is 7.92. The number of hydrogen-bond donors (Lipinski definition) is 2. The molecule has 0 aliphatic carbocycles. The van der Waals surface area contributed by atoms with Crippen molar-refractivity contribution in [3.05, 3.63) is 35.5 Å². The number of fused-ring (bicyclic) bond motifs is 1. The normalized spacial score (nSPS) is 11.3. The molecule has 0 fully saturated rings. The van der Waals surface area contributed by atoms with Gasteiger partial charge in [0.2, 0.25) is 0 Å². The molecule has 0 aliphatic rings. The third-order valence-corrected chi connectivity index (χ3v) is 3.49. The van der Waals surface area contributed by atoms with Gasteiger partial charge in [-0.1, -0.05) is 18.2 Å². The fraction of sp³-hybridized carbons (Fsp3) is 0.444. The van der Waals surface area contributed by atoms with Crippen LogP contribution in [0.4, 0.5) is 4.79 Å². The molecule has 2 N–H and O–H groups in total. The molecule has 0 saturated carbocycles. The quantitative estimate of drug-likeness (QED) is 0.825. The second kappa shape index (κ2) is 7.38. The van der Waals surface area contributed by atoms with Crippen LogP contribution in [-0.4, -0.2) is 36.3 Å². The molecule has 0 bridgehead atoms. The average Bonchev–Trinajstić information content (AvgIpc) is 2.83. The number of esters is 1. The summed E-state index contributed by atoms with van der Waals surface area (Å²) in [5.41, 5.74) is 2.26. The highest BCUT2D eigenvalue weighted by atomic mass is 16.6. The Balaban J connectivity index is 2.10. The van der Waals surface area contributed by atoms with E-state index in [0.29, 0.717) is 13.0 Å². The lowest BCUT2D eigenvalue weighted by molar-refractivity contribution is -0.139. The van der Waals surface area contributed by atoms with Crippen LogP contribution in [0.1, 0.15) is 32.0 Å². The van der Waals surface area contributed by atoms with Crippen molar-refractivity contribution >= 4 is 23.0 Å². The van der Waals surface area contributed by atoms with Gasteiger partial charge in [0.05, 0.1) is 13.5 Å². The Morgan fingerprint density at radius 2 is 1.92 bits per heavy atom. The summed E-state index contributed by atoms with van der Waals surface area (Å²) in [6.07, 6.45) is 0.319. The van der Waals surface area contributed by atoms with E-state index in [4.69, 9.17) is 9.47 Å². The van der Waals surface area contributed by atoms with Crippen LogP contribution < -0.4 is 5.32 Å². The fourth-order valence-corrected chi connectivity index (χ4v) is 2.51. The Morgan fingerprint density at radius 3 is 2.58 bits per heavy atom. The zero-order valence-corrected chi connectivity index (χ0v) is 14.6. The summed E-state index contributed by atoms with van der Waals surface area (Å²) >= 11 is 0. The third kappa shape index (κ3) is 4.75. The van der Waals surface area contributed by atoms with Gasteiger partial charge in [-0.3, -0.25) is 4.79 Å². The molecule has 1 heterocycles. The Hall–Kier alpha value is -2.50. The summed E-state index contributed by atoms with van der Waals surface area (Å²) in [6.45, 7) is 5.88. The van der Waals surface area contributed by atoms with Gasteiger partial charge >= 0.3 is 12.1 Å². The molecule has 0 atom stereocenters. The topological polar surface area (TPSA) is 80.4 Å². The lowest BCUT2D eigenvalue weighted by Crippen LogP contribution is -2.33. The second-order valence-corrected chi connectivity index (χ2v) is 6.56. The summed E-state index contributed by atoms with van der Waals surface area (Å²) < 4.78 is 9.98. The molecule has 130 valence electrons. The van der Waals surface area contributed by atoms with E-state index < -0.39 is 11.7 Å². The number of carbonyl (C=O) groups excluding carboxylic acids is 2. The van der Waals surface area contributed by atoms with E-state index in [-0.39, 0.29) is 12.4 Å². The van der Waals surface area contributed by atoms with Crippen LogP contribution in [0.25, 0.3) is 10.9 Å². The largest absolute Gasteiger partial charge is 0.469 e. The fourth-order valence-electron chi connectivity index (χ4n) is 2.51. The zero-order chi connectivity index (χ0) is 17.7. The van der Waals surface area contributed by atoms with Crippen LogP contribution in [0.2, 0.25) is 0 Å². The maximum absolute atomic E-state index is 11.7. The molecule has 0 aliphatic heterocycles. The molecule has 1 aromatic carbocycles. The zero-order valence-electron chi connectivity index (χ0n) is 14.6. The van der Waals surface area contributed by atoms with E-state index in [0.717, 1.165) is 22.2 Å². The second-order valence-electron chi connectivity index (χ2n) is 6.56.